The van der Waals surface area contributed by atoms with Gasteiger partial charge in [0.15, 0.2) is 11.5 Å². The van der Waals surface area contributed by atoms with Crippen LogP contribution < -0.4 is 24.3 Å². The highest BCUT2D eigenvalue weighted by Gasteiger charge is 2.14. The van der Waals surface area contributed by atoms with Crippen LogP contribution in [0.3, 0.4) is 0 Å². The number of rotatable bonds is 10. The Balaban J connectivity index is 1.98. The molecule has 8 heteroatoms. The van der Waals surface area contributed by atoms with Crippen molar-refractivity contribution in [1.29, 1.82) is 0 Å². The number of likely N-dealkylation sites (N-methyl/N-ethyl adjacent to an activating group) is 1. The summed E-state index contributed by atoms with van der Waals surface area (Å²) < 4.78 is 21.3. The Morgan fingerprint density at radius 1 is 0.897 bits per heavy atom. The molecule has 0 aliphatic heterocycles. The Morgan fingerprint density at radius 3 is 2.14 bits per heavy atom. The molecule has 29 heavy (non-hydrogen) atoms. The smallest absolute Gasteiger partial charge is 0.234 e. The van der Waals surface area contributed by atoms with Gasteiger partial charge in [0.25, 0.3) is 0 Å². The van der Waals surface area contributed by atoms with Crippen LogP contribution >= 0.6 is 11.6 Å². The van der Waals surface area contributed by atoms with E-state index in [4.69, 9.17) is 30.5 Å². The zero-order chi connectivity index (χ0) is 21.4. The SMILES string of the molecule is COc1cc(OC)c(OC)cc1CNC(=O)CN(C)Cc1cc(Cl)ccc1OC. The normalized spacial score (nSPS) is 10.6. The van der Waals surface area contributed by atoms with Gasteiger partial charge in [0.05, 0.1) is 35.0 Å². The fraction of sp³-hybridized carbons (Fsp3) is 0.381. The highest BCUT2D eigenvalue weighted by molar-refractivity contribution is 6.30. The number of carbonyl (C=O) groups excluding carboxylic acids is 1. The lowest BCUT2D eigenvalue weighted by molar-refractivity contribution is -0.122. The fourth-order valence-corrected chi connectivity index (χ4v) is 3.14. The molecule has 0 bridgehead atoms. The number of nitrogens with zero attached hydrogens (tertiary/aromatic N) is 1. The molecule has 158 valence electrons. The predicted molar refractivity (Wildman–Crippen MR) is 112 cm³/mol. The summed E-state index contributed by atoms with van der Waals surface area (Å²) in [6.07, 6.45) is 0. The molecule has 1 amide bonds. The van der Waals surface area contributed by atoms with Gasteiger partial charge >= 0.3 is 0 Å². The van der Waals surface area contributed by atoms with Gasteiger partial charge in [-0.15, -0.1) is 0 Å². The van der Waals surface area contributed by atoms with Gasteiger partial charge in [-0.25, -0.2) is 0 Å². The number of hydrogen-bond donors (Lipinski definition) is 1. The number of nitrogens with one attached hydrogen (secondary N) is 1. The van der Waals surface area contributed by atoms with E-state index in [0.717, 1.165) is 16.9 Å². The van der Waals surface area contributed by atoms with Gasteiger partial charge in [-0.3, -0.25) is 9.69 Å². The van der Waals surface area contributed by atoms with E-state index in [0.29, 0.717) is 35.4 Å². The molecule has 2 aromatic rings. The zero-order valence-corrected chi connectivity index (χ0v) is 18.1. The van der Waals surface area contributed by atoms with E-state index in [-0.39, 0.29) is 12.5 Å². The van der Waals surface area contributed by atoms with E-state index < -0.39 is 0 Å². The largest absolute Gasteiger partial charge is 0.496 e. The highest BCUT2D eigenvalue weighted by Crippen LogP contribution is 2.34. The van der Waals surface area contributed by atoms with Crippen molar-refractivity contribution < 1.29 is 23.7 Å². The maximum absolute atomic E-state index is 12.4. The zero-order valence-electron chi connectivity index (χ0n) is 17.4. The molecule has 0 saturated heterocycles. The molecular weight excluding hydrogens is 396 g/mol. The summed E-state index contributed by atoms with van der Waals surface area (Å²) in [5.74, 6) is 2.36. The van der Waals surface area contributed by atoms with Crippen molar-refractivity contribution in [2.75, 3.05) is 42.0 Å². The third-order valence-electron chi connectivity index (χ3n) is 4.36. The number of amides is 1. The van der Waals surface area contributed by atoms with Crippen LogP contribution in [0.1, 0.15) is 11.1 Å². The molecule has 0 aliphatic rings. The Labute approximate surface area is 176 Å². The summed E-state index contributed by atoms with van der Waals surface area (Å²) >= 11 is 6.07. The first-order chi connectivity index (χ1) is 13.9. The molecule has 0 atom stereocenters. The van der Waals surface area contributed by atoms with Crippen LogP contribution in [0, 0.1) is 0 Å². The van der Waals surface area contributed by atoms with Crippen molar-refractivity contribution in [3.05, 3.63) is 46.5 Å². The molecule has 0 saturated carbocycles. The van der Waals surface area contributed by atoms with Crippen molar-refractivity contribution in [1.82, 2.24) is 10.2 Å². The van der Waals surface area contributed by atoms with Gasteiger partial charge in [0.2, 0.25) is 5.91 Å². The van der Waals surface area contributed by atoms with Crippen LogP contribution in [-0.2, 0) is 17.9 Å². The highest BCUT2D eigenvalue weighted by atomic mass is 35.5. The van der Waals surface area contributed by atoms with E-state index in [1.165, 1.54) is 0 Å². The summed E-state index contributed by atoms with van der Waals surface area (Å²) in [6.45, 7) is 1.04. The molecule has 0 aromatic heterocycles. The van der Waals surface area contributed by atoms with Crippen molar-refractivity contribution in [2.24, 2.45) is 0 Å². The first kappa shape index (κ1) is 22.6. The Morgan fingerprint density at radius 2 is 1.52 bits per heavy atom. The number of benzene rings is 2. The molecule has 7 nitrogen and oxygen atoms in total. The lowest BCUT2D eigenvalue weighted by Crippen LogP contribution is -2.34. The average Bonchev–Trinajstić information content (AvgIpc) is 2.71. The van der Waals surface area contributed by atoms with Gasteiger partial charge in [-0.1, -0.05) is 11.6 Å². The molecule has 1 N–H and O–H groups in total. The summed E-state index contributed by atoms with van der Waals surface area (Å²) in [4.78, 5) is 14.3. The lowest BCUT2D eigenvalue weighted by atomic mass is 10.1. The minimum absolute atomic E-state index is 0.120. The summed E-state index contributed by atoms with van der Waals surface area (Å²) in [6, 6.07) is 8.95. The van der Waals surface area contributed by atoms with E-state index in [9.17, 15) is 4.79 Å². The van der Waals surface area contributed by atoms with E-state index in [1.807, 2.05) is 24.1 Å². The van der Waals surface area contributed by atoms with Gasteiger partial charge in [-0.2, -0.15) is 0 Å². The fourth-order valence-electron chi connectivity index (χ4n) is 2.94. The predicted octanol–water partition coefficient (Wildman–Crippen LogP) is 3.12. The number of hydrogen-bond acceptors (Lipinski definition) is 6. The third kappa shape index (κ3) is 6.17. The van der Waals surface area contributed by atoms with Crippen molar-refractivity contribution in [3.8, 4) is 23.0 Å². The monoisotopic (exact) mass is 422 g/mol. The maximum atomic E-state index is 12.4. The molecule has 0 unspecified atom stereocenters. The number of methoxy groups -OCH3 is 4. The standard InChI is InChI=1S/C21H27ClN2O5/c1-24(12-15-8-16(22)6-7-17(15)26-2)13-21(25)23-11-14-9-19(28-4)20(29-5)10-18(14)27-3/h6-10H,11-13H2,1-5H3,(H,23,25). The van der Waals surface area contributed by atoms with Gasteiger partial charge < -0.3 is 24.3 Å². The first-order valence-corrected chi connectivity index (χ1v) is 9.36. The number of ether oxygens (including phenoxy) is 4. The van der Waals surface area contributed by atoms with E-state index in [2.05, 4.69) is 5.32 Å². The van der Waals surface area contributed by atoms with E-state index in [1.54, 1.807) is 46.6 Å². The van der Waals surface area contributed by atoms with Crippen molar-refractivity contribution >= 4 is 17.5 Å². The second kappa shape index (κ2) is 10.8. The molecule has 2 rings (SSSR count). The van der Waals surface area contributed by atoms with Crippen LogP contribution in [0.15, 0.2) is 30.3 Å². The van der Waals surface area contributed by atoms with Crippen molar-refractivity contribution in [2.45, 2.75) is 13.1 Å². The maximum Gasteiger partial charge on any atom is 0.234 e. The average molecular weight is 423 g/mol. The molecule has 0 radical (unpaired) electrons. The first-order valence-electron chi connectivity index (χ1n) is 8.98. The van der Waals surface area contributed by atoms with Crippen molar-refractivity contribution in [3.63, 3.8) is 0 Å². The van der Waals surface area contributed by atoms with E-state index >= 15 is 0 Å². The third-order valence-corrected chi connectivity index (χ3v) is 4.59. The molecule has 0 heterocycles. The lowest BCUT2D eigenvalue weighted by Gasteiger charge is -2.19. The van der Waals surface area contributed by atoms with Gasteiger partial charge in [0, 0.05) is 35.3 Å². The quantitative estimate of drug-likeness (QED) is 0.634. The molecular formula is C21H27ClN2O5. The summed E-state index contributed by atoms with van der Waals surface area (Å²) in [5.41, 5.74) is 1.70. The second-order valence-electron chi connectivity index (χ2n) is 6.42. The van der Waals surface area contributed by atoms with Crippen LogP contribution in [0.5, 0.6) is 23.0 Å². The Hall–Kier alpha value is -2.64. The van der Waals surface area contributed by atoms with Gasteiger partial charge in [0.1, 0.15) is 11.5 Å². The molecule has 0 fully saturated rings. The topological polar surface area (TPSA) is 69.3 Å². The Bertz CT molecular complexity index is 844. The number of carbonyl (C=O) groups is 1. The van der Waals surface area contributed by atoms with Crippen LogP contribution in [0.25, 0.3) is 0 Å². The molecule has 2 aromatic carbocycles. The molecule has 0 spiro atoms. The minimum atomic E-state index is -0.120. The summed E-state index contributed by atoms with van der Waals surface area (Å²) in [7, 11) is 8.15. The molecule has 0 aliphatic carbocycles. The Kier molecular flexibility index (Phi) is 8.42. The van der Waals surface area contributed by atoms with Gasteiger partial charge in [-0.05, 0) is 31.3 Å². The second-order valence-corrected chi connectivity index (χ2v) is 6.86. The summed E-state index contributed by atoms with van der Waals surface area (Å²) in [5, 5.41) is 3.53. The van der Waals surface area contributed by atoms with Crippen LogP contribution in [0.2, 0.25) is 5.02 Å². The number of halogens is 1. The minimum Gasteiger partial charge on any atom is -0.496 e. The van der Waals surface area contributed by atoms with Crippen LogP contribution in [-0.4, -0.2) is 52.8 Å². The van der Waals surface area contributed by atoms with Crippen LogP contribution in [0.4, 0.5) is 0 Å².